The summed E-state index contributed by atoms with van der Waals surface area (Å²) in [6.45, 7) is 6.53. The molecule has 0 aliphatic carbocycles. The molecular weight excluding hydrogens is 268 g/mol. The van der Waals surface area contributed by atoms with Gasteiger partial charge in [-0.2, -0.15) is 0 Å². The highest BCUT2D eigenvalue weighted by molar-refractivity contribution is 9.10. The number of Topliss-reactive ketones (excluding diaryl/α,β-unsaturated/α-hetero) is 1. The molecule has 0 N–H and O–H groups in total. The fourth-order valence-electron chi connectivity index (χ4n) is 1.40. The summed E-state index contributed by atoms with van der Waals surface area (Å²) in [6.07, 6.45) is 0.865. The summed E-state index contributed by atoms with van der Waals surface area (Å²) < 4.78 is 6.24. The Kier molecular flexibility index (Phi) is 5.00. The van der Waals surface area contributed by atoms with Crippen LogP contribution in [0, 0.1) is 5.92 Å². The number of ketones is 1. The molecule has 0 bridgehead atoms. The highest BCUT2D eigenvalue weighted by Crippen LogP contribution is 2.27. The number of hydrogen-bond acceptors (Lipinski definition) is 2. The Morgan fingerprint density at radius 3 is 2.62 bits per heavy atom. The second-order valence-electron chi connectivity index (χ2n) is 3.75. The van der Waals surface area contributed by atoms with Crippen molar-refractivity contribution in [2.24, 2.45) is 5.92 Å². The third-order valence-corrected chi connectivity index (χ3v) is 3.20. The highest BCUT2D eigenvalue weighted by atomic mass is 79.9. The highest BCUT2D eigenvalue weighted by Gasteiger charge is 2.14. The minimum absolute atomic E-state index is 0.0739. The van der Waals surface area contributed by atoms with E-state index in [0.717, 1.165) is 22.2 Å². The Morgan fingerprint density at radius 2 is 2.12 bits per heavy atom. The lowest BCUT2D eigenvalue weighted by Gasteiger charge is -2.10. The number of halogens is 1. The lowest BCUT2D eigenvalue weighted by atomic mass is 9.97. The van der Waals surface area contributed by atoms with Crippen molar-refractivity contribution in [2.75, 3.05) is 6.61 Å². The topological polar surface area (TPSA) is 26.3 Å². The van der Waals surface area contributed by atoms with Crippen LogP contribution in [0.4, 0.5) is 0 Å². The van der Waals surface area contributed by atoms with E-state index < -0.39 is 0 Å². The fourth-order valence-corrected chi connectivity index (χ4v) is 1.89. The number of rotatable bonds is 5. The molecule has 0 aliphatic heterocycles. The van der Waals surface area contributed by atoms with E-state index in [0.29, 0.717) is 6.61 Å². The SMILES string of the molecule is CCOc1ccc(C(=O)C(C)CC)cc1Br. The Hall–Kier alpha value is -0.830. The summed E-state index contributed by atoms with van der Waals surface area (Å²) in [6, 6.07) is 5.49. The van der Waals surface area contributed by atoms with Gasteiger partial charge in [0.05, 0.1) is 11.1 Å². The first-order chi connectivity index (χ1) is 7.60. The van der Waals surface area contributed by atoms with E-state index in [4.69, 9.17) is 4.74 Å². The average molecular weight is 285 g/mol. The fraction of sp³-hybridized carbons (Fsp3) is 0.462. The molecule has 0 radical (unpaired) electrons. The number of carbonyl (C=O) groups is 1. The van der Waals surface area contributed by atoms with Crippen molar-refractivity contribution in [1.29, 1.82) is 0 Å². The molecular formula is C13H17BrO2. The number of carbonyl (C=O) groups excluding carboxylic acids is 1. The van der Waals surface area contributed by atoms with Crippen molar-refractivity contribution in [3.05, 3.63) is 28.2 Å². The maximum absolute atomic E-state index is 11.9. The Labute approximate surface area is 105 Å². The van der Waals surface area contributed by atoms with Crippen molar-refractivity contribution in [1.82, 2.24) is 0 Å². The predicted octanol–water partition coefficient (Wildman–Crippen LogP) is 4.08. The maximum Gasteiger partial charge on any atom is 0.165 e. The molecule has 3 heteroatoms. The lowest BCUT2D eigenvalue weighted by molar-refractivity contribution is 0.0927. The molecule has 1 unspecified atom stereocenters. The molecule has 1 atom stereocenters. The van der Waals surface area contributed by atoms with Crippen LogP contribution in [0.25, 0.3) is 0 Å². The Morgan fingerprint density at radius 1 is 1.44 bits per heavy atom. The van der Waals surface area contributed by atoms with Crippen molar-refractivity contribution in [3.63, 3.8) is 0 Å². The van der Waals surface area contributed by atoms with Gasteiger partial charge in [-0.15, -0.1) is 0 Å². The molecule has 0 saturated carbocycles. The lowest BCUT2D eigenvalue weighted by Crippen LogP contribution is -2.10. The van der Waals surface area contributed by atoms with Crippen LogP contribution < -0.4 is 4.74 Å². The summed E-state index contributed by atoms with van der Waals surface area (Å²) >= 11 is 3.41. The van der Waals surface area contributed by atoms with Gasteiger partial charge in [0.25, 0.3) is 0 Å². The molecule has 0 fully saturated rings. The molecule has 0 aliphatic rings. The second-order valence-corrected chi connectivity index (χ2v) is 4.61. The van der Waals surface area contributed by atoms with Crippen molar-refractivity contribution >= 4 is 21.7 Å². The van der Waals surface area contributed by atoms with E-state index in [2.05, 4.69) is 15.9 Å². The Bertz CT molecular complexity index is 374. The summed E-state index contributed by atoms with van der Waals surface area (Å²) in [5.74, 6) is 1.04. The summed E-state index contributed by atoms with van der Waals surface area (Å²) in [5.41, 5.74) is 0.740. The first-order valence-electron chi connectivity index (χ1n) is 5.56. The summed E-state index contributed by atoms with van der Waals surface area (Å²) in [4.78, 5) is 11.9. The van der Waals surface area contributed by atoms with Gasteiger partial charge in [-0.25, -0.2) is 0 Å². The molecule has 1 aromatic carbocycles. The van der Waals surface area contributed by atoms with Crippen molar-refractivity contribution < 1.29 is 9.53 Å². The van der Waals surface area contributed by atoms with E-state index in [1.807, 2.05) is 39.0 Å². The van der Waals surface area contributed by atoms with Gasteiger partial charge >= 0.3 is 0 Å². The van der Waals surface area contributed by atoms with Gasteiger partial charge in [0.15, 0.2) is 5.78 Å². The standard InChI is InChI=1S/C13H17BrO2/c1-4-9(3)13(15)10-6-7-12(16-5-2)11(14)8-10/h6-9H,4-5H2,1-3H3. The van der Waals surface area contributed by atoms with E-state index in [-0.39, 0.29) is 11.7 Å². The van der Waals surface area contributed by atoms with Crippen LogP contribution in [0.3, 0.4) is 0 Å². The largest absolute Gasteiger partial charge is 0.493 e. The van der Waals surface area contributed by atoms with Crippen LogP contribution >= 0.6 is 15.9 Å². The maximum atomic E-state index is 11.9. The van der Waals surface area contributed by atoms with Gasteiger partial charge in [-0.1, -0.05) is 13.8 Å². The smallest absolute Gasteiger partial charge is 0.165 e. The molecule has 0 spiro atoms. The van der Waals surface area contributed by atoms with E-state index in [1.165, 1.54) is 0 Å². The van der Waals surface area contributed by atoms with Crippen LogP contribution in [-0.4, -0.2) is 12.4 Å². The average Bonchev–Trinajstić information content (AvgIpc) is 2.30. The van der Waals surface area contributed by atoms with E-state index >= 15 is 0 Å². The van der Waals surface area contributed by atoms with Gasteiger partial charge in [0, 0.05) is 11.5 Å². The van der Waals surface area contributed by atoms with Crippen LogP contribution in [0.15, 0.2) is 22.7 Å². The van der Waals surface area contributed by atoms with Crippen LogP contribution in [-0.2, 0) is 0 Å². The van der Waals surface area contributed by atoms with E-state index in [9.17, 15) is 4.79 Å². The minimum Gasteiger partial charge on any atom is -0.493 e. The van der Waals surface area contributed by atoms with E-state index in [1.54, 1.807) is 0 Å². The third-order valence-electron chi connectivity index (χ3n) is 2.58. The van der Waals surface area contributed by atoms with Gasteiger partial charge in [-0.05, 0) is 47.5 Å². The molecule has 1 rings (SSSR count). The quantitative estimate of drug-likeness (QED) is 0.762. The first-order valence-corrected chi connectivity index (χ1v) is 6.36. The number of ether oxygens (including phenoxy) is 1. The molecule has 0 amide bonds. The van der Waals surface area contributed by atoms with Crippen molar-refractivity contribution in [3.8, 4) is 5.75 Å². The number of hydrogen-bond donors (Lipinski definition) is 0. The van der Waals surface area contributed by atoms with Crippen molar-refractivity contribution in [2.45, 2.75) is 27.2 Å². The molecule has 0 heterocycles. The second kappa shape index (κ2) is 6.04. The zero-order chi connectivity index (χ0) is 12.1. The number of benzene rings is 1. The zero-order valence-electron chi connectivity index (χ0n) is 9.92. The normalized spacial score (nSPS) is 12.2. The molecule has 0 aromatic heterocycles. The molecule has 88 valence electrons. The summed E-state index contributed by atoms with van der Waals surface area (Å²) in [5, 5.41) is 0. The molecule has 2 nitrogen and oxygen atoms in total. The first kappa shape index (κ1) is 13.2. The van der Waals surface area contributed by atoms with Gasteiger partial charge in [0.2, 0.25) is 0 Å². The van der Waals surface area contributed by atoms with Gasteiger partial charge < -0.3 is 4.74 Å². The molecule has 1 aromatic rings. The Balaban J connectivity index is 2.92. The molecule has 0 saturated heterocycles. The van der Waals surface area contributed by atoms with Gasteiger partial charge in [0.1, 0.15) is 5.75 Å². The minimum atomic E-state index is 0.0739. The third kappa shape index (κ3) is 3.08. The zero-order valence-corrected chi connectivity index (χ0v) is 11.5. The predicted molar refractivity (Wildman–Crippen MR) is 69.1 cm³/mol. The monoisotopic (exact) mass is 284 g/mol. The van der Waals surface area contributed by atoms with Gasteiger partial charge in [-0.3, -0.25) is 4.79 Å². The summed E-state index contributed by atoms with van der Waals surface area (Å²) in [7, 11) is 0. The molecule has 16 heavy (non-hydrogen) atoms. The van der Waals surface area contributed by atoms with Crippen LogP contribution in [0.1, 0.15) is 37.6 Å². The van der Waals surface area contributed by atoms with Crippen LogP contribution in [0.2, 0.25) is 0 Å². The van der Waals surface area contributed by atoms with Crippen LogP contribution in [0.5, 0.6) is 5.75 Å².